The second-order valence-corrected chi connectivity index (χ2v) is 4.82. The molecule has 0 fully saturated rings. The van der Waals surface area contributed by atoms with Gasteiger partial charge in [-0.3, -0.25) is 4.79 Å². The standard InChI is InChI=1S/C15H22O4/c1-10(2)12-8-11(6-5-7-14(16)17)15(19-4)13(9-12)18-3/h8-10H,5-7H2,1-4H3,(H,16,17). The molecule has 0 spiro atoms. The highest BCUT2D eigenvalue weighted by atomic mass is 16.5. The van der Waals surface area contributed by atoms with Gasteiger partial charge in [-0.1, -0.05) is 19.9 Å². The molecule has 1 aromatic carbocycles. The molecule has 1 aromatic rings. The lowest BCUT2D eigenvalue weighted by molar-refractivity contribution is -0.137. The number of carboxylic acid groups (broad SMARTS) is 1. The van der Waals surface area contributed by atoms with Gasteiger partial charge in [0, 0.05) is 6.42 Å². The van der Waals surface area contributed by atoms with Crippen molar-refractivity contribution in [1.29, 1.82) is 0 Å². The molecule has 0 amide bonds. The molecule has 1 N–H and O–H groups in total. The van der Waals surface area contributed by atoms with E-state index in [9.17, 15) is 4.79 Å². The van der Waals surface area contributed by atoms with Gasteiger partial charge in [0.25, 0.3) is 0 Å². The third kappa shape index (κ3) is 4.16. The van der Waals surface area contributed by atoms with Crippen LogP contribution in [-0.4, -0.2) is 25.3 Å². The molecule has 4 heteroatoms. The van der Waals surface area contributed by atoms with Crippen molar-refractivity contribution in [2.24, 2.45) is 0 Å². The van der Waals surface area contributed by atoms with E-state index in [0.29, 0.717) is 30.3 Å². The van der Waals surface area contributed by atoms with Crippen LogP contribution in [0.4, 0.5) is 0 Å². The fraction of sp³-hybridized carbons (Fsp3) is 0.533. The Bertz CT molecular complexity index is 438. The van der Waals surface area contributed by atoms with Crippen LogP contribution in [0.25, 0.3) is 0 Å². The quantitative estimate of drug-likeness (QED) is 0.823. The Labute approximate surface area is 114 Å². The molecule has 0 aliphatic carbocycles. The number of aryl methyl sites for hydroxylation is 1. The molecular formula is C15H22O4. The van der Waals surface area contributed by atoms with Crippen LogP contribution in [0.5, 0.6) is 11.5 Å². The van der Waals surface area contributed by atoms with Crippen LogP contribution in [0.15, 0.2) is 12.1 Å². The van der Waals surface area contributed by atoms with Crippen LogP contribution in [0.2, 0.25) is 0 Å². The predicted octanol–water partition coefficient (Wildman–Crippen LogP) is 3.23. The monoisotopic (exact) mass is 266 g/mol. The van der Waals surface area contributed by atoms with E-state index >= 15 is 0 Å². The molecule has 19 heavy (non-hydrogen) atoms. The predicted molar refractivity (Wildman–Crippen MR) is 74.2 cm³/mol. The molecule has 1 rings (SSSR count). The van der Waals surface area contributed by atoms with Gasteiger partial charge in [-0.05, 0) is 36.0 Å². The molecule has 0 heterocycles. The number of ether oxygens (including phenoxy) is 2. The molecule has 0 saturated carbocycles. The van der Waals surface area contributed by atoms with Crippen molar-refractivity contribution in [3.63, 3.8) is 0 Å². The summed E-state index contributed by atoms with van der Waals surface area (Å²) in [5.74, 6) is 1.03. The van der Waals surface area contributed by atoms with Gasteiger partial charge in [0.05, 0.1) is 14.2 Å². The van der Waals surface area contributed by atoms with Gasteiger partial charge in [-0.15, -0.1) is 0 Å². The van der Waals surface area contributed by atoms with Crippen molar-refractivity contribution in [2.45, 2.75) is 39.0 Å². The average molecular weight is 266 g/mol. The van der Waals surface area contributed by atoms with Crippen molar-refractivity contribution < 1.29 is 19.4 Å². The summed E-state index contributed by atoms with van der Waals surface area (Å²) < 4.78 is 10.7. The van der Waals surface area contributed by atoms with Crippen molar-refractivity contribution in [2.75, 3.05) is 14.2 Å². The van der Waals surface area contributed by atoms with E-state index in [4.69, 9.17) is 14.6 Å². The molecule has 0 aliphatic heterocycles. The molecule has 0 aliphatic rings. The highest BCUT2D eigenvalue weighted by molar-refractivity contribution is 5.66. The van der Waals surface area contributed by atoms with Crippen molar-refractivity contribution in [1.82, 2.24) is 0 Å². The third-order valence-electron chi connectivity index (χ3n) is 3.08. The lowest BCUT2D eigenvalue weighted by atomic mass is 9.97. The number of methoxy groups -OCH3 is 2. The summed E-state index contributed by atoms with van der Waals surface area (Å²) in [4.78, 5) is 10.6. The third-order valence-corrected chi connectivity index (χ3v) is 3.08. The zero-order valence-corrected chi connectivity index (χ0v) is 12.0. The van der Waals surface area contributed by atoms with Crippen molar-refractivity contribution >= 4 is 5.97 Å². The Balaban J connectivity index is 3.03. The Kier molecular flexibility index (Phi) is 5.67. The molecule has 0 aromatic heterocycles. The van der Waals surface area contributed by atoms with Crippen LogP contribution in [0.3, 0.4) is 0 Å². The molecule has 4 nitrogen and oxygen atoms in total. The Morgan fingerprint density at radius 3 is 2.42 bits per heavy atom. The van der Waals surface area contributed by atoms with E-state index in [-0.39, 0.29) is 6.42 Å². The summed E-state index contributed by atoms with van der Waals surface area (Å²) >= 11 is 0. The van der Waals surface area contributed by atoms with E-state index in [0.717, 1.165) is 5.56 Å². The fourth-order valence-corrected chi connectivity index (χ4v) is 2.02. The summed E-state index contributed by atoms with van der Waals surface area (Å²) in [7, 11) is 3.22. The van der Waals surface area contributed by atoms with E-state index < -0.39 is 5.97 Å². The largest absolute Gasteiger partial charge is 0.493 e. The summed E-state index contributed by atoms with van der Waals surface area (Å²) in [6.07, 6.45) is 1.43. The lowest BCUT2D eigenvalue weighted by Crippen LogP contribution is -2.01. The maximum atomic E-state index is 10.6. The summed E-state index contributed by atoms with van der Waals surface area (Å²) in [5.41, 5.74) is 2.18. The van der Waals surface area contributed by atoms with Gasteiger partial charge in [-0.2, -0.15) is 0 Å². The second kappa shape index (κ2) is 7.02. The second-order valence-electron chi connectivity index (χ2n) is 4.82. The van der Waals surface area contributed by atoms with Crippen molar-refractivity contribution in [3.05, 3.63) is 23.3 Å². The normalized spacial score (nSPS) is 10.6. The summed E-state index contributed by atoms with van der Waals surface area (Å²) in [5, 5.41) is 8.71. The van der Waals surface area contributed by atoms with E-state index in [1.807, 2.05) is 6.07 Å². The number of benzene rings is 1. The zero-order chi connectivity index (χ0) is 14.4. The highest BCUT2D eigenvalue weighted by Gasteiger charge is 2.14. The average Bonchev–Trinajstić information content (AvgIpc) is 2.37. The van der Waals surface area contributed by atoms with Gasteiger partial charge in [-0.25, -0.2) is 0 Å². The summed E-state index contributed by atoms with van der Waals surface area (Å²) in [6, 6.07) is 4.05. The minimum atomic E-state index is -0.772. The molecule has 0 atom stereocenters. The number of rotatable bonds is 7. The minimum absolute atomic E-state index is 0.164. The first-order valence-electron chi connectivity index (χ1n) is 6.46. The molecule has 0 bridgehead atoms. The van der Waals surface area contributed by atoms with Gasteiger partial charge in [0.1, 0.15) is 0 Å². The molecule has 0 radical (unpaired) electrons. The lowest BCUT2D eigenvalue weighted by Gasteiger charge is -2.16. The maximum Gasteiger partial charge on any atom is 0.303 e. The first kappa shape index (κ1) is 15.3. The highest BCUT2D eigenvalue weighted by Crippen LogP contribution is 2.35. The van der Waals surface area contributed by atoms with E-state index in [2.05, 4.69) is 19.9 Å². The van der Waals surface area contributed by atoms with Gasteiger partial charge < -0.3 is 14.6 Å². The Hall–Kier alpha value is -1.71. The zero-order valence-electron chi connectivity index (χ0n) is 12.0. The summed E-state index contributed by atoms with van der Waals surface area (Å²) in [6.45, 7) is 4.23. The molecule has 0 saturated heterocycles. The minimum Gasteiger partial charge on any atom is -0.493 e. The Morgan fingerprint density at radius 2 is 1.95 bits per heavy atom. The molecular weight excluding hydrogens is 244 g/mol. The Morgan fingerprint density at radius 1 is 1.26 bits per heavy atom. The number of hydrogen-bond donors (Lipinski definition) is 1. The number of carbonyl (C=O) groups is 1. The van der Waals surface area contributed by atoms with Crippen molar-refractivity contribution in [3.8, 4) is 11.5 Å². The van der Waals surface area contributed by atoms with Gasteiger partial charge in [0.15, 0.2) is 11.5 Å². The van der Waals surface area contributed by atoms with Crippen LogP contribution >= 0.6 is 0 Å². The first-order chi connectivity index (χ1) is 8.99. The van der Waals surface area contributed by atoms with Crippen LogP contribution in [-0.2, 0) is 11.2 Å². The molecule has 106 valence electrons. The number of hydrogen-bond acceptors (Lipinski definition) is 3. The van der Waals surface area contributed by atoms with Crippen LogP contribution < -0.4 is 9.47 Å². The van der Waals surface area contributed by atoms with Gasteiger partial charge >= 0.3 is 5.97 Å². The van der Waals surface area contributed by atoms with Crippen LogP contribution in [0.1, 0.15) is 43.7 Å². The first-order valence-corrected chi connectivity index (χ1v) is 6.46. The SMILES string of the molecule is COc1cc(C(C)C)cc(CCCC(=O)O)c1OC. The fourth-order valence-electron chi connectivity index (χ4n) is 2.02. The van der Waals surface area contributed by atoms with Gasteiger partial charge in [0.2, 0.25) is 0 Å². The maximum absolute atomic E-state index is 10.6. The number of carboxylic acids is 1. The topological polar surface area (TPSA) is 55.8 Å². The smallest absolute Gasteiger partial charge is 0.303 e. The van der Waals surface area contributed by atoms with E-state index in [1.54, 1.807) is 14.2 Å². The number of aliphatic carboxylic acids is 1. The molecule has 0 unspecified atom stereocenters. The van der Waals surface area contributed by atoms with E-state index in [1.165, 1.54) is 5.56 Å². The van der Waals surface area contributed by atoms with Crippen LogP contribution in [0, 0.1) is 0 Å².